The summed E-state index contributed by atoms with van der Waals surface area (Å²) in [5.74, 6) is 0.499. The van der Waals surface area contributed by atoms with Crippen molar-refractivity contribution >= 4 is 17.5 Å². The molecule has 21 heavy (non-hydrogen) atoms. The van der Waals surface area contributed by atoms with Gasteiger partial charge in [-0.2, -0.15) is 0 Å². The van der Waals surface area contributed by atoms with Crippen molar-refractivity contribution in [1.82, 2.24) is 5.32 Å². The Morgan fingerprint density at radius 1 is 1.43 bits per heavy atom. The lowest BCUT2D eigenvalue weighted by Gasteiger charge is -2.35. The number of halogens is 1. The monoisotopic (exact) mass is 309 g/mol. The van der Waals surface area contributed by atoms with E-state index in [-0.39, 0.29) is 5.91 Å². The van der Waals surface area contributed by atoms with Crippen LogP contribution in [0.5, 0.6) is 0 Å². The minimum absolute atomic E-state index is 0.217. The maximum absolute atomic E-state index is 12.2. The van der Waals surface area contributed by atoms with Gasteiger partial charge in [-0.15, -0.1) is 0 Å². The van der Waals surface area contributed by atoms with Crippen molar-refractivity contribution in [3.8, 4) is 0 Å². The van der Waals surface area contributed by atoms with Gasteiger partial charge in [0.15, 0.2) is 0 Å². The van der Waals surface area contributed by atoms with Crippen molar-refractivity contribution in [2.24, 2.45) is 5.92 Å². The summed E-state index contributed by atoms with van der Waals surface area (Å²) in [7, 11) is 0. The number of hydrogen-bond donors (Lipinski definition) is 2. The molecule has 0 aliphatic heterocycles. The molecule has 4 heteroatoms. The Kier molecular flexibility index (Phi) is 5.28. The van der Waals surface area contributed by atoms with Gasteiger partial charge in [0.25, 0.3) is 5.91 Å². The van der Waals surface area contributed by atoms with Crippen LogP contribution in [0.15, 0.2) is 18.2 Å². The van der Waals surface area contributed by atoms with Crippen LogP contribution >= 0.6 is 11.6 Å². The lowest BCUT2D eigenvalue weighted by Crippen LogP contribution is -2.45. The van der Waals surface area contributed by atoms with Gasteiger partial charge in [0.2, 0.25) is 0 Å². The third-order valence-corrected chi connectivity index (χ3v) is 4.87. The number of rotatable bonds is 4. The molecular weight excluding hydrogens is 286 g/mol. The summed E-state index contributed by atoms with van der Waals surface area (Å²) in [6.45, 7) is 4.42. The van der Waals surface area contributed by atoms with Gasteiger partial charge >= 0.3 is 0 Å². The standard InChI is InChI=1S/C17H24ClNO2/c1-3-13-6-8-17(21,9-7-13)11-19-16(20)14-5-4-12(2)10-15(14)18/h4-5,10,13,21H,3,6-9,11H2,1-2H3,(H,19,20). The summed E-state index contributed by atoms with van der Waals surface area (Å²) in [5.41, 5.74) is 0.722. The lowest BCUT2D eigenvalue weighted by atomic mass is 9.78. The van der Waals surface area contributed by atoms with Gasteiger partial charge in [0, 0.05) is 6.54 Å². The molecule has 0 spiro atoms. The van der Waals surface area contributed by atoms with Gasteiger partial charge in [-0.25, -0.2) is 0 Å². The molecule has 1 fully saturated rings. The molecule has 0 atom stereocenters. The Labute approximate surface area is 131 Å². The van der Waals surface area contributed by atoms with Crippen molar-refractivity contribution in [2.45, 2.75) is 51.6 Å². The van der Waals surface area contributed by atoms with Crippen molar-refractivity contribution in [1.29, 1.82) is 0 Å². The topological polar surface area (TPSA) is 49.3 Å². The Morgan fingerprint density at radius 3 is 2.67 bits per heavy atom. The van der Waals surface area contributed by atoms with E-state index in [1.54, 1.807) is 12.1 Å². The zero-order valence-electron chi connectivity index (χ0n) is 12.8. The van der Waals surface area contributed by atoms with Crippen LogP contribution in [0.4, 0.5) is 0 Å². The number of aliphatic hydroxyl groups is 1. The Bertz CT molecular complexity index is 508. The second-order valence-corrected chi connectivity index (χ2v) is 6.65. The first-order valence-electron chi connectivity index (χ1n) is 7.70. The number of hydrogen-bond acceptors (Lipinski definition) is 2. The summed E-state index contributed by atoms with van der Waals surface area (Å²) in [6.07, 6.45) is 4.75. The molecule has 1 aromatic rings. The molecule has 0 saturated heterocycles. The van der Waals surface area contributed by atoms with Gasteiger partial charge in [-0.3, -0.25) is 4.79 Å². The summed E-state index contributed by atoms with van der Waals surface area (Å²) < 4.78 is 0. The molecule has 116 valence electrons. The van der Waals surface area contributed by atoms with E-state index in [0.29, 0.717) is 23.0 Å². The second-order valence-electron chi connectivity index (χ2n) is 6.24. The van der Waals surface area contributed by atoms with Gasteiger partial charge in [-0.05, 0) is 56.2 Å². The lowest BCUT2D eigenvalue weighted by molar-refractivity contribution is -0.00786. The molecule has 0 radical (unpaired) electrons. The van der Waals surface area contributed by atoms with E-state index in [1.165, 1.54) is 6.42 Å². The van der Waals surface area contributed by atoms with E-state index in [2.05, 4.69) is 12.2 Å². The first kappa shape index (κ1) is 16.3. The SMILES string of the molecule is CCC1CCC(O)(CNC(=O)c2ccc(C)cc2Cl)CC1. The first-order valence-corrected chi connectivity index (χ1v) is 8.08. The van der Waals surface area contributed by atoms with Crippen molar-refractivity contribution in [2.75, 3.05) is 6.54 Å². The highest BCUT2D eigenvalue weighted by molar-refractivity contribution is 6.33. The average Bonchev–Trinajstić information content (AvgIpc) is 2.46. The van der Waals surface area contributed by atoms with Crippen LogP contribution in [0, 0.1) is 12.8 Å². The third kappa shape index (κ3) is 4.21. The third-order valence-electron chi connectivity index (χ3n) is 4.56. The minimum Gasteiger partial charge on any atom is -0.388 e. The fraction of sp³-hybridized carbons (Fsp3) is 0.588. The predicted octanol–water partition coefficient (Wildman–Crippen LogP) is 3.71. The average molecular weight is 310 g/mol. The Morgan fingerprint density at radius 2 is 2.10 bits per heavy atom. The van der Waals surface area contributed by atoms with Crippen molar-refractivity contribution < 1.29 is 9.90 Å². The highest BCUT2D eigenvalue weighted by atomic mass is 35.5. The summed E-state index contributed by atoms with van der Waals surface area (Å²) in [6, 6.07) is 5.37. The van der Waals surface area contributed by atoms with Crippen molar-refractivity contribution in [3.63, 3.8) is 0 Å². The van der Waals surface area contributed by atoms with Crippen LogP contribution in [0.3, 0.4) is 0 Å². The number of carbonyl (C=O) groups excluding carboxylic acids is 1. The fourth-order valence-corrected chi connectivity index (χ4v) is 3.27. The smallest absolute Gasteiger partial charge is 0.252 e. The van der Waals surface area contributed by atoms with Crippen LogP contribution in [0.25, 0.3) is 0 Å². The molecule has 1 aliphatic carbocycles. The molecule has 2 N–H and O–H groups in total. The zero-order chi connectivity index (χ0) is 15.5. The van der Waals surface area contributed by atoms with Crippen LogP contribution < -0.4 is 5.32 Å². The van der Waals surface area contributed by atoms with E-state index < -0.39 is 5.60 Å². The van der Waals surface area contributed by atoms with E-state index >= 15 is 0 Å². The van der Waals surface area contributed by atoms with E-state index in [1.807, 2.05) is 13.0 Å². The number of aryl methyl sites for hydroxylation is 1. The minimum atomic E-state index is -0.765. The zero-order valence-corrected chi connectivity index (χ0v) is 13.5. The fourth-order valence-electron chi connectivity index (χ4n) is 2.94. The normalized spacial score (nSPS) is 25.6. The second kappa shape index (κ2) is 6.80. The number of nitrogens with one attached hydrogen (secondary N) is 1. The van der Waals surface area contributed by atoms with Crippen LogP contribution in [0.1, 0.15) is 54.9 Å². The number of benzene rings is 1. The maximum Gasteiger partial charge on any atom is 0.252 e. The number of amides is 1. The molecule has 0 aromatic heterocycles. The highest BCUT2D eigenvalue weighted by Crippen LogP contribution is 2.33. The Hall–Kier alpha value is -1.06. The van der Waals surface area contributed by atoms with Gasteiger partial charge in [-0.1, -0.05) is 31.0 Å². The summed E-state index contributed by atoms with van der Waals surface area (Å²) >= 11 is 6.10. The molecule has 1 saturated carbocycles. The van der Waals surface area contributed by atoms with Crippen LogP contribution in [0.2, 0.25) is 5.02 Å². The quantitative estimate of drug-likeness (QED) is 0.890. The van der Waals surface area contributed by atoms with Gasteiger partial charge < -0.3 is 10.4 Å². The molecule has 1 aliphatic rings. The van der Waals surface area contributed by atoms with Gasteiger partial charge in [0.1, 0.15) is 0 Å². The predicted molar refractivity (Wildman–Crippen MR) is 85.7 cm³/mol. The first-order chi connectivity index (χ1) is 9.93. The molecule has 2 rings (SSSR count). The number of carbonyl (C=O) groups is 1. The largest absolute Gasteiger partial charge is 0.388 e. The Balaban J connectivity index is 1.92. The summed E-state index contributed by atoms with van der Waals surface area (Å²) in [4.78, 5) is 12.2. The molecule has 0 bridgehead atoms. The van der Waals surface area contributed by atoms with E-state index in [0.717, 1.165) is 31.2 Å². The van der Waals surface area contributed by atoms with Gasteiger partial charge in [0.05, 0.1) is 16.2 Å². The van der Waals surface area contributed by atoms with E-state index in [9.17, 15) is 9.90 Å². The maximum atomic E-state index is 12.2. The molecule has 0 unspecified atom stereocenters. The van der Waals surface area contributed by atoms with E-state index in [4.69, 9.17) is 11.6 Å². The van der Waals surface area contributed by atoms with Crippen molar-refractivity contribution in [3.05, 3.63) is 34.3 Å². The molecular formula is C17H24ClNO2. The van der Waals surface area contributed by atoms with Crippen LogP contribution in [-0.4, -0.2) is 23.2 Å². The van der Waals surface area contributed by atoms with Crippen LogP contribution in [-0.2, 0) is 0 Å². The molecule has 0 heterocycles. The highest BCUT2D eigenvalue weighted by Gasteiger charge is 2.33. The molecule has 1 aromatic carbocycles. The summed E-state index contributed by atoms with van der Waals surface area (Å²) in [5, 5.41) is 13.8. The molecule has 1 amide bonds. The molecule has 3 nitrogen and oxygen atoms in total.